The van der Waals surface area contributed by atoms with E-state index in [2.05, 4.69) is 16.0 Å². The normalized spacial score (nSPS) is 12.7. The average Bonchev–Trinajstić information content (AvgIpc) is 2.54. The van der Waals surface area contributed by atoms with Gasteiger partial charge in [0.25, 0.3) is 11.8 Å². The number of nitrogens with one attached hydrogen (secondary N) is 4. The Labute approximate surface area is 158 Å². The van der Waals surface area contributed by atoms with Gasteiger partial charge in [0.1, 0.15) is 11.8 Å². The Morgan fingerprint density at radius 2 is 1.88 bits per heavy atom. The van der Waals surface area contributed by atoms with Crippen molar-refractivity contribution in [3.63, 3.8) is 0 Å². The Morgan fingerprint density at radius 3 is 2.50 bits per heavy atom. The van der Waals surface area contributed by atoms with E-state index in [9.17, 15) is 14.4 Å². The SMILES string of the molecule is CCNC(=O)[C@@H](C)NC(=O)C[NH+](C)CC(=O)Nc1cc(Cl)ccc1OC. The Hall–Kier alpha value is -2.32. The predicted octanol–water partition coefficient (Wildman–Crippen LogP) is -0.557. The van der Waals surface area contributed by atoms with Gasteiger partial charge >= 0.3 is 0 Å². The number of benzene rings is 1. The molecule has 26 heavy (non-hydrogen) atoms. The Kier molecular flexibility index (Phi) is 8.87. The van der Waals surface area contributed by atoms with Crippen molar-refractivity contribution >= 4 is 35.0 Å². The van der Waals surface area contributed by atoms with Gasteiger partial charge in [-0.15, -0.1) is 0 Å². The number of carbonyl (C=O) groups is 3. The van der Waals surface area contributed by atoms with Crippen LogP contribution in [0.5, 0.6) is 5.75 Å². The van der Waals surface area contributed by atoms with E-state index >= 15 is 0 Å². The van der Waals surface area contributed by atoms with Crippen LogP contribution in [0.2, 0.25) is 5.02 Å². The molecule has 0 aromatic heterocycles. The molecule has 2 atom stereocenters. The van der Waals surface area contributed by atoms with Crippen LogP contribution >= 0.6 is 11.6 Å². The molecule has 0 radical (unpaired) electrons. The van der Waals surface area contributed by atoms with Crippen LogP contribution in [-0.4, -0.2) is 57.6 Å². The zero-order chi connectivity index (χ0) is 19.7. The van der Waals surface area contributed by atoms with Crippen LogP contribution in [0.15, 0.2) is 18.2 Å². The first kappa shape index (κ1) is 21.7. The highest BCUT2D eigenvalue weighted by atomic mass is 35.5. The van der Waals surface area contributed by atoms with Gasteiger partial charge < -0.3 is 25.6 Å². The standard InChI is InChI=1S/C17H25ClN4O4/c1-5-19-17(25)11(2)20-15(23)9-22(3)10-16(24)21-13-8-12(18)6-7-14(13)26-4/h6-8,11H,5,9-10H2,1-4H3,(H,19,25)(H,20,23)(H,21,24)/p+1/t11-/m1/s1. The summed E-state index contributed by atoms with van der Waals surface area (Å²) >= 11 is 5.93. The van der Waals surface area contributed by atoms with Gasteiger partial charge in [-0.1, -0.05) is 11.6 Å². The lowest BCUT2D eigenvalue weighted by atomic mass is 10.3. The summed E-state index contributed by atoms with van der Waals surface area (Å²) in [7, 11) is 3.21. The minimum absolute atomic E-state index is 0.0594. The summed E-state index contributed by atoms with van der Waals surface area (Å²) in [6.07, 6.45) is 0. The van der Waals surface area contributed by atoms with Gasteiger partial charge in [-0.05, 0) is 32.0 Å². The Morgan fingerprint density at radius 1 is 1.23 bits per heavy atom. The van der Waals surface area contributed by atoms with E-state index in [1.54, 1.807) is 39.1 Å². The first-order valence-corrected chi connectivity index (χ1v) is 8.66. The first-order valence-electron chi connectivity index (χ1n) is 8.28. The number of rotatable bonds is 9. The summed E-state index contributed by atoms with van der Waals surface area (Å²) in [6.45, 7) is 4.04. The van der Waals surface area contributed by atoms with Crippen LogP contribution < -0.4 is 25.6 Å². The van der Waals surface area contributed by atoms with Gasteiger partial charge in [-0.2, -0.15) is 0 Å². The second-order valence-electron chi connectivity index (χ2n) is 5.89. The molecular weight excluding hydrogens is 360 g/mol. The van der Waals surface area contributed by atoms with Crippen LogP contribution in [0, 0.1) is 0 Å². The predicted molar refractivity (Wildman–Crippen MR) is 99.5 cm³/mol. The summed E-state index contributed by atoms with van der Waals surface area (Å²) in [4.78, 5) is 36.4. The number of anilines is 1. The average molecular weight is 386 g/mol. The highest BCUT2D eigenvalue weighted by Crippen LogP contribution is 2.27. The number of quaternary nitrogens is 1. The number of carbonyl (C=O) groups excluding carboxylic acids is 3. The van der Waals surface area contributed by atoms with E-state index in [0.29, 0.717) is 27.9 Å². The number of likely N-dealkylation sites (N-methyl/N-ethyl adjacent to an activating group) is 2. The van der Waals surface area contributed by atoms with Gasteiger partial charge in [0.2, 0.25) is 5.91 Å². The molecule has 4 N–H and O–H groups in total. The van der Waals surface area contributed by atoms with E-state index < -0.39 is 6.04 Å². The molecule has 1 aromatic rings. The molecule has 0 saturated carbocycles. The van der Waals surface area contributed by atoms with Gasteiger partial charge in [-0.25, -0.2) is 0 Å². The molecule has 3 amide bonds. The molecule has 0 aliphatic carbocycles. The molecule has 0 aliphatic heterocycles. The second kappa shape index (κ2) is 10.6. The fourth-order valence-corrected chi connectivity index (χ4v) is 2.44. The first-order chi connectivity index (χ1) is 12.3. The molecule has 0 bridgehead atoms. The number of halogens is 1. The minimum Gasteiger partial charge on any atom is -0.495 e. The highest BCUT2D eigenvalue weighted by Gasteiger charge is 2.19. The molecule has 0 heterocycles. The highest BCUT2D eigenvalue weighted by molar-refractivity contribution is 6.31. The summed E-state index contributed by atoms with van der Waals surface area (Å²) in [6, 6.07) is 4.28. The molecule has 1 unspecified atom stereocenters. The van der Waals surface area contributed by atoms with E-state index in [-0.39, 0.29) is 30.8 Å². The van der Waals surface area contributed by atoms with E-state index in [4.69, 9.17) is 16.3 Å². The van der Waals surface area contributed by atoms with Crippen LogP contribution in [-0.2, 0) is 14.4 Å². The zero-order valence-electron chi connectivity index (χ0n) is 15.4. The monoisotopic (exact) mass is 385 g/mol. The fraction of sp³-hybridized carbons (Fsp3) is 0.471. The molecular formula is C17H26ClN4O4+. The number of amides is 3. The topological polar surface area (TPSA) is 101 Å². The van der Waals surface area contributed by atoms with E-state index in [1.165, 1.54) is 7.11 Å². The lowest BCUT2D eigenvalue weighted by Gasteiger charge is -2.17. The molecule has 9 heteroatoms. The van der Waals surface area contributed by atoms with Crippen molar-refractivity contribution in [1.82, 2.24) is 10.6 Å². The summed E-state index contributed by atoms with van der Waals surface area (Å²) in [5.74, 6) is -0.347. The van der Waals surface area contributed by atoms with Crippen molar-refractivity contribution in [2.45, 2.75) is 19.9 Å². The Balaban J connectivity index is 2.51. The maximum atomic E-state index is 12.2. The fourth-order valence-electron chi connectivity index (χ4n) is 2.27. The van der Waals surface area contributed by atoms with E-state index in [1.807, 2.05) is 0 Å². The largest absolute Gasteiger partial charge is 0.495 e. The summed E-state index contributed by atoms with van der Waals surface area (Å²) in [5, 5.41) is 8.42. The summed E-state index contributed by atoms with van der Waals surface area (Å²) < 4.78 is 5.17. The van der Waals surface area contributed by atoms with Crippen molar-refractivity contribution < 1.29 is 24.0 Å². The smallest absolute Gasteiger partial charge is 0.279 e. The van der Waals surface area contributed by atoms with Crippen molar-refractivity contribution in [2.75, 3.05) is 39.1 Å². The third-order valence-corrected chi connectivity index (χ3v) is 3.72. The van der Waals surface area contributed by atoms with Crippen molar-refractivity contribution in [3.05, 3.63) is 23.2 Å². The van der Waals surface area contributed by atoms with Crippen LogP contribution in [0.25, 0.3) is 0 Å². The van der Waals surface area contributed by atoms with Crippen molar-refractivity contribution in [1.29, 1.82) is 0 Å². The maximum absolute atomic E-state index is 12.2. The molecule has 0 fully saturated rings. The van der Waals surface area contributed by atoms with Gasteiger partial charge in [0.05, 0.1) is 19.8 Å². The number of hydrogen-bond donors (Lipinski definition) is 4. The second-order valence-corrected chi connectivity index (χ2v) is 6.32. The van der Waals surface area contributed by atoms with Crippen LogP contribution in [0.3, 0.4) is 0 Å². The minimum atomic E-state index is -0.625. The van der Waals surface area contributed by atoms with Crippen LogP contribution in [0.1, 0.15) is 13.8 Å². The molecule has 8 nitrogen and oxygen atoms in total. The number of hydrogen-bond acceptors (Lipinski definition) is 4. The third-order valence-electron chi connectivity index (χ3n) is 3.48. The zero-order valence-corrected chi connectivity index (χ0v) is 16.2. The third kappa shape index (κ3) is 7.28. The molecule has 0 spiro atoms. The van der Waals surface area contributed by atoms with Gasteiger partial charge in [0, 0.05) is 11.6 Å². The lowest BCUT2D eigenvalue weighted by molar-refractivity contribution is -0.862. The molecule has 0 saturated heterocycles. The lowest BCUT2D eigenvalue weighted by Crippen LogP contribution is -3.11. The van der Waals surface area contributed by atoms with Crippen molar-refractivity contribution in [3.8, 4) is 5.75 Å². The maximum Gasteiger partial charge on any atom is 0.279 e. The van der Waals surface area contributed by atoms with Gasteiger partial charge in [0.15, 0.2) is 13.1 Å². The molecule has 144 valence electrons. The molecule has 1 rings (SSSR count). The van der Waals surface area contributed by atoms with Crippen LogP contribution in [0.4, 0.5) is 5.69 Å². The number of methoxy groups -OCH3 is 1. The van der Waals surface area contributed by atoms with Crippen molar-refractivity contribution in [2.24, 2.45) is 0 Å². The Bertz CT molecular complexity index is 654. The summed E-state index contributed by atoms with van der Waals surface area (Å²) in [5.41, 5.74) is 0.465. The molecule has 1 aromatic carbocycles. The molecule has 0 aliphatic rings. The van der Waals surface area contributed by atoms with Gasteiger partial charge in [-0.3, -0.25) is 14.4 Å². The number of ether oxygens (including phenoxy) is 1. The quantitative estimate of drug-likeness (QED) is 0.458. The van der Waals surface area contributed by atoms with E-state index in [0.717, 1.165) is 0 Å².